The summed E-state index contributed by atoms with van der Waals surface area (Å²) in [5, 5.41) is 2.89. The van der Waals surface area contributed by atoms with Gasteiger partial charge in [0.2, 0.25) is 10.0 Å². The first-order chi connectivity index (χ1) is 14.5. The van der Waals surface area contributed by atoms with E-state index in [0.717, 1.165) is 35.8 Å². The number of hydrogen-bond donors (Lipinski definition) is 3. The van der Waals surface area contributed by atoms with Crippen molar-refractivity contribution in [3.63, 3.8) is 0 Å². The second-order valence-electron chi connectivity index (χ2n) is 6.81. The topological polar surface area (TPSA) is 145 Å². The summed E-state index contributed by atoms with van der Waals surface area (Å²) < 4.78 is 31.2. The number of carbonyl (C=O) groups is 3. The Morgan fingerprint density at radius 1 is 1.26 bits per heavy atom. The van der Waals surface area contributed by atoms with Crippen LogP contribution >= 0.6 is 22.9 Å². The molecule has 166 valence electrons. The summed E-state index contributed by atoms with van der Waals surface area (Å²) in [6.07, 6.45) is 1.21. The van der Waals surface area contributed by atoms with Crippen LogP contribution in [-0.2, 0) is 32.4 Å². The number of amides is 2. The number of carbonyl (C=O) groups excluding carboxylic acids is 3. The molecular weight excluding hydrogens is 466 g/mol. The highest BCUT2D eigenvalue weighted by atomic mass is 35.5. The third-order valence-electron chi connectivity index (χ3n) is 4.79. The molecule has 2 amide bonds. The van der Waals surface area contributed by atoms with Crippen LogP contribution in [0.4, 0.5) is 5.00 Å². The molecule has 4 N–H and O–H groups in total. The molecule has 1 aliphatic carbocycles. The number of halogens is 1. The fourth-order valence-electron chi connectivity index (χ4n) is 3.19. The Labute approximate surface area is 188 Å². The van der Waals surface area contributed by atoms with Crippen molar-refractivity contribution in [3.05, 3.63) is 44.8 Å². The zero-order valence-corrected chi connectivity index (χ0v) is 19.0. The van der Waals surface area contributed by atoms with Crippen molar-refractivity contribution < 1.29 is 27.5 Å². The Kier molecular flexibility index (Phi) is 6.70. The molecule has 0 fully saturated rings. The van der Waals surface area contributed by atoms with Crippen LogP contribution < -0.4 is 15.8 Å². The molecule has 1 aliphatic rings. The van der Waals surface area contributed by atoms with Crippen molar-refractivity contribution in [1.29, 1.82) is 0 Å². The molecule has 31 heavy (non-hydrogen) atoms. The molecule has 9 nitrogen and oxygen atoms in total. The Hall–Kier alpha value is -2.47. The van der Waals surface area contributed by atoms with Crippen LogP contribution in [0.15, 0.2) is 23.1 Å². The van der Waals surface area contributed by atoms with E-state index in [0.29, 0.717) is 5.00 Å². The van der Waals surface area contributed by atoms with Gasteiger partial charge in [0.15, 0.2) is 6.10 Å². The molecule has 0 saturated heterocycles. The number of nitrogens with one attached hydrogen (secondary N) is 2. The minimum absolute atomic E-state index is 0.0293. The maximum absolute atomic E-state index is 12.6. The smallest absolute Gasteiger partial charge is 0.340 e. The summed E-state index contributed by atoms with van der Waals surface area (Å²) in [7, 11) is -2.58. The molecule has 0 saturated carbocycles. The number of anilines is 1. The first-order valence-corrected chi connectivity index (χ1v) is 11.9. The Balaban J connectivity index is 1.76. The van der Waals surface area contributed by atoms with E-state index in [1.165, 1.54) is 37.4 Å². The number of aryl methyl sites for hydroxylation is 1. The van der Waals surface area contributed by atoms with Gasteiger partial charge in [-0.15, -0.1) is 11.3 Å². The van der Waals surface area contributed by atoms with Gasteiger partial charge in [0.25, 0.3) is 11.8 Å². The number of benzene rings is 1. The predicted octanol–water partition coefficient (Wildman–Crippen LogP) is 2.08. The van der Waals surface area contributed by atoms with Gasteiger partial charge in [0, 0.05) is 4.88 Å². The van der Waals surface area contributed by atoms with Gasteiger partial charge in [-0.05, 0) is 57.0 Å². The molecule has 12 heteroatoms. The zero-order chi connectivity index (χ0) is 22.9. The summed E-state index contributed by atoms with van der Waals surface area (Å²) in [5.41, 5.74) is 6.42. The fourth-order valence-corrected chi connectivity index (χ4v) is 5.44. The number of sulfonamides is 1. The minimum Gasteiger partial charge on any atom is -0.449 e. The largest absolute Gasteiger partial charge is 0.449 e. The summed E-state index contributed by atoms with van der Waals surface area (Å²) >= 11 is 7.29. The quantitative estimate of drug-likeness (QED) is 0.512. The van der Waals surface area contributed by atoms with Crippen molar-refractivity contribution in [3.8, 4) is 0 Å². The van der Waals surface area contributed by atoms with Crippen molar-refractivity contribution in [2.24, 2.45) is 5.73 Å². The lowest BCUT2D eigenvalue weighted by Gasteiger charge is -2.14. The van der Waals surface area contributed by atoms with Crippen LogP contribution in [0.5, 0.6) is 0 Å². The maximum atomic E-state index is 12.6. The number of nitrogens with two attached hydrogens (primary N) is 1. The molecule has 1 unspecified atom stereocenters. The Morgan fingerprint density at radius 2 is 1.97 bits per heavy atom. The number of primary amides is 1. The number of thiophene rings is 1. The van der Waals surface area contributed by atoms with Crippen LogP contribution in [0.3, 0.4) is 0 Å². The van der Waals surface area contributed by atoms with Gasteiger partial charge in [-0.2, -0.15) is 0 Å². The summed E-state index contributed by atoms with van der Waals surface area (Å²) in [4.78, 5) is 37.8. The zero-order valence-electron chi connectivity index (χ0n) is 16.7. The summed E-state index contributed by atoms with van der Waals surface area (Å²) in [6, 6.07) is 3.55. The van der Waals surface area contributed by atoms with E-state index in [1.54, 1.807) is 0 Å². The van der Waals surface area contributed by atoms with Crippen LogP contribution in [0.2, 0.25) is 5.02 Å². The molecule has 3 rings (SSSR count). The molecule has 1 heterocycles. The second kappa shape index (κ2) is 8.95. The fraction of sp³-hybridized carbons (Fsp3) is 0.316. The van der Waals surface area contributed by atoms with Gasteiger partial charge in [-0.1, -0.05) is 11.6 Å². The lowest BCUT2D eigenvalue weighted by Crippen LogP contribution is -2.30. The number of ether oxygens (including phenoxy) is 1. The highest BCUT2D eigenvalue weighted by molar-refractivity contribution is 7.89. The summed E-state index contributed by atoms with van der Waals surface area (Å²) in [6.45, 7) is 1.35. The Bertz CT molecular complexity index is 1180. The van der Waals surface area contributed by atoms with E-state index in [-0.39, 0.29) is 21.0 Å². The molecule has 2 aromatic rings. The van der Waals surface area contributed by atoms with Crippen LogP contribution in [0, 0.1) is 0 Å². The molecule has 0 radical (unpaired) electrons. The highest BCUT2D eigenvalue weighted by Gasteiger charge is 2.28. The lowest BCUT2D eigenvalue weighted by molar-refractivity contribution is -0.123. The highest BCUT2D eigenvalue weighted by Crippen LogP contribution is 2.38. The monoisotopic (exact) mass is 485 g/mol. The number of rotatable bonds is 7. The van der Waals surface area contributed by atoms with E-state index in [1.807, 2.05) is 0 Å². The van der Waals surface area contributed by atoms with Gasteiger partial charge in [0.1, 0.15) is 5.00 Å². The predicted molar refractivity (Wildman–Crippen MR) is 116 cm³/mol. The SMILES string of the molecule is CNS(=O)(=O)c1ccc(Cl)c(C(=O)OC(C)C(=O)Nc2sc3c(c2C(N)=O)CCC3)c1. The van der Waals surface area contributed by atoms with E-state index in [9.17, 15) is 22.8 Å². The van der Waals surface area contributed by atoms with Gasteiger partial charge >= 0.3 is 5.97 Å². The van der Waals surface area contributed by atoms with Crippen LogP contribution in [0.25, 0.3) is 0 Å². The number of fused-ring (bicyclic) bond motifs is 1. The Morgan fingerprint density at radius 3 is 2.61 bits per heavy atom. The van der Waals surface area contributed by atoms with Gasteiger partial charge < -0.3 is 15.8 Å². The summed E-state index contributed by atoms with van der Waals surface area (Å²) in [5.74, 6) is -2.26. The number of esters is 1. The maximum Gasteiger partial charge on any atom is 0.340 e. The average Bonchev–Trinajstić information content (AvgIpc) is 3.28. The van der Waals surface area contributed by atoms with Crippen LogP contribution in [0.1, 0.15) is 44.5 Å². The van der Waals surface area contributed by atoms with E-state index in [4.69, 9.17) is 22.1 Å². The van der Waals surface area contributed by atoms with Gasteiger partial charge in [-0.3, -0.25) is 9.59 Å². The minimum atomic E-state index is -3.81. The number of hydrogen-bond acceptors (Lipinski definition) is 7. The molecular formula is C19H20ClN3O6S2. The standard InChI is InChI=1S/C19H20ClN3O6S2/c1-9(17(25)23-18-15(16(21)24)11-4-3-5-14(11)30-18)29-19(26)12-8-10(6-7-13(12)20)31(27,28)22-2/h6-9,22H,3-5H2,1-2H3,(H2,21,24)(H,23,25). The van der Waals surface area contributed by atoms with Gasteiger partial charge in [-0.25, -0.2) is 17.9 Å². The van der Waals surface area contributed by atoms with Crippen molar-refractivity contribution in [2.45, 2.75) is 37.2 Å². The van der Waals surface area contributed by atoms with E-state index < -0.39 is 33.9 Å². The molecule has 1 aromatic carbocycles. The third kappa shape index (κ3) is 4.74. The van der Waals surface area contributed by atoms with Crippen molar-refractivity contribution >= 4 is 55.7 Å². The van der Waals surface area contributed by atoms with Crippen LogP contribution in [-0.4, -0.2) is 39.4 Å². The van der Waals surface area contributed by atoms with Crippen molar-refractivity contribution in [1.82, 2.24) is 4.72 Å². The van der Waals surface area contributed by atoms with E-state index >= 15 is 0 Å². The third-order valence-corrected chi connectivity index (χ3v) is 7.74. The average molecular weight is 486 g/mol. The molecule has 0 bridgehead atoms. The van der Waals surface area contributed by atoms with E-state index in [2.05, 4.69) is 10.0 Å². The lowest BCUT2D eigenvalue weighted by atomic mass is 10.1. The molecule has 1 atom stereocenters. The normalized spacial score (nSPS) is 14.0. The van der Waals surface area contributed by atoms with Crippen molar-refractivity contribution in [2.75, 3.05) is 12.4 Å². The molecule has 0 aliphatic heterocycles. The first-order valence-electron chi connectivity index (χ1n) is 9.24. The first kappa shape index (κ1) is 23.2. The van der Waals surface area contributed by atoms with Gasteiger partial charge in [0.05, 0.1) is 21.0 Å². The molecule has 1 aromatic heterocycles. The molecule has 0 spiro atoms. The second-order valence-corrected chi connectivity index (χ2v) is 10.2.